The summed E-state index contributed by atoms with van der Waals surface area (Å²) in [6, 6.07) is 10.3. The first-order chi connectivity index (χ1) is 10.0. The van der Waals surface area contributed by atoms with Gasteiger partial charge in [0.15, 0.2) is 0 Å². The molecule has 0 saturated carbocycles. The van der Waals surface area contributed by atoms with Crippen molar-refractivity contribution in [1.82, 2.24) is 0 Å². The van der Waals surface area contributed by atoms with E-state index in [1.807, 2.05) is 0 Å². The first kappa shape index (κ1) is 15.2. The van der Waals surface area contributed by atoms with Crippen molar-refractivity contribution >= 4 is 33.2 Å². The van der Waals surface area contributed by atoms with Gasteiger partial charge in [0, 0.05) is 10.2 Å². The van der Waals surface area contributed by atoms with E-state index in [2.05, 4.69) is 21.2 Å². The molecule has 1 amide bonds. The molecule has 0 spiro atoms. The lowest BCUT2D eigenvalue weighted by molar-refractivity contribution is 0.102. The van der Waals surface area contributed by atoms with E-state index >= 15 is 0 Å². The van der Waals surface area contributed by atoms with E-state index in [1.165, 1.54) is 14.2 Å². The van der Waals surface area contributed by atoms with Crippen molar-refractivity contribution in [3.63, 3.8) is 0 Å². The second-order valence-electron chi connectivity index (χ2n) is 4.26. The topological polar surface area (TPSA) is 73.6 Å². The normalized spacial score (nSPS) is 10.0. The molecule has 0 aliphatic carbocycles. The number of ether oxygens (including phenoxy) is 2. The van der Waals surface area contributed by atoms with E-state index in [1.54, 1.807) is 36.4 Å². The summed E-state index contributed by atoms with van der Waals surface area (Å²) in [5, 5.41) is 2.77. The Morgan fingerprint density at radius 3 is 2.43 bits per heavy atom. The molecule has 0 unspecified atom stereocenters. The summed E-state index contributed by atoms with van der Waals surface area (Å²) in [4.78, 5) is 12.3. The molecule has 6 heteroatoms. The van der Waals surface area contributed by atoms with Gasteiger partial charge in [-0.3, -0.25) is 4.79 Å². The SMILES string of the molecule is COc1ccc(NC(=O)c2ccc(Br)cc2OC)cc1N. The van der Waals surface area contributed by atoms with Gasteiger partial charge in [-0.05, 0) is 36.4 Å². The first-order valence-corrected chi connectivity index (χ1v) is 6.93. The second kappa shape index (κ2) is 6.49. The highest BCUT2D eigenvalue weighted by Gasteiger charge is 2.13. The van der Waals surface area contributed by atoms with Gasteiger partial charge in [-0.15, -0.1) is 0 Å². The molecule has 21 heavy (non-hydrogen) atoms. The Balaban J connectivity index is 2.24. The number of nitrogens with two attached hydrogens (primary N) is 1. The molecule has 0 bridgehead atoms. The molecule has 0 aliphatic rings. The van der Waals surface area contributed by atoms with Gasteiger partial charge in [0.05, 0.1) is 25.5 Å². The Bertz CT molecular complexity index is 674. The van der Waals surface area contributed by atoms with Crippen LogP contribution in [0, 0.1) is 0 Å². The summed E-state index contributed by atoms with van der Waals surface area (Å²) in [6.07, 6.45) is 0. The van der Waals surface area contributed by atoms with Crippen LogP contribution in [-0.2, 0) is 0 Å². The summed E-state index contributed by atoms with van der Waals surface area (Å²) in [5.74, 6) is 0.779. The van der Waals surface area contributed by atoms with Crippen molar-refractivity contribution in [1.29, 1.82) is 0 Å². The number of carbonyl (C=O) groups is 1. The number of nitrogens with one attached hydrogen (secondary N) is 1. The monoisotopic (exact) mass is 350 g/mol. The number of methoxy groups -OCH3 is 2. The molecule has 2 rings (SSSR count). The van der Waals surface area contributed by atoms with E-state index in [4.69, 9.17) is 15.2 Å². The minimum atomic E-state index is -0.274. The third kappa shape index (κ3) is 3.46. The maximum absolute atomic E-state index is 12.3. The number of anilines is 2. The number of carbonyl (C=O) groups excluding carboxylic acids is 1. The second-order valence-corrected chi connectivity index (χ2v) is 5.17. The molecule has 0 atom stereocenters. The van der Waals surface area contributed by atoms with Crippen LogP contribution in [0.4, 0.5) is 11.4 Å². The molecule has 0 radical (unpaired) electrons. The van der Waals surface area contributed by atoms with Crippen LogP contribution in [0.25, 0.3) is 0 Å². The van der Waals surface area contributed by atoms with E-state index in [0.717, 1.165) is 4.47 Å². The Hall–Kier alpha value is -2.21. The van der Waals surface area contributed by atoms with Gasteiger partial charge in [-0.1, -0.05) is 15.9 Å². The van der Waals surface area contributed by atoms with Gasteiger partial charge in [0.1, 0.15) is 11.5 Å². The Kier molecular flexibility index (Phi) is 4.70. The molecule has 5 nitrogen and oxygen atoms in total. The predicted molar refractivity (Wildman–Crippen MR) is 86.1 cm³/mol. The number of nitrogen functional groups attached to an aromatic ring is 1. The highest BCUT2D eigenvalue weighted by molar-refractivity contribution is 9.10. The highest BCUT2D eigenvalue weighted by atomic mass is 79.9. The van der Waals surface area contributed by atoms with Gasteiger partial charge in [0.25, 0.3) is 5.91 Å². The predicted octanol–water partition coefficient (Wildman–Crippen LogP) is 3.30. The van der Waals surface area contributed by atoms with Crippen LogP contribution in [0.1, 0.15) is 10.4 Å². The van der Waals surface area contributed by atoms with Crippen LogP contribution in [0.15, 0.2) is 40.9 Å². The maximum atomic E-state index is 12.3. The van der Waals surface area contributed by atoms with Crippen LogP contribution in [0.2, 0.25) is 0 Å². The zero-order valence-corrected chi connectivity index (χ0v) is 13.2. The Morgan fingerprint density at radius 2 is 1.81 bits per heavy atom. The summed E-state index contributed by atoms with van der Waals surface area (Å²) in [6.45, 7) is 0. The molecule has 2 aromatic carbocycles. The van der Waals surface area contributed by atoms with Crippen LogP contribution in [0.5, 0.6) is 11.5 Å². The van der Waals surface area contributed by atoms with E-state index < -0.39 is 0 Å². The smallest absolute Gasteiger partial charge is 0.259 e. The van der Waals surface area contributed by atoms with Gasteiger partial charge >= 0.3 is 0 Å². The fourth-order valence-electron chi connectivity index (χ4n) is 1.86. The minimum Gasteiger partial charge on any atom is -0.496 e. The van der Waals surface area contributed by atoms with Crippen LogP contribution in [-0.4, -0.2) is 20.1 Å². The van der Waals surface area contributed by atoms with Crippen molar-refractivity contribution in [2.45, 2.75) is 0 Å². The Labute approximate surface area is 131 Å². The van der Waals surface area contributed by atoms with Crippen molar-refractivity contribution in [2.24, 2.45) is 0 Å². The van der Waals surface area contributed by atoms with Gasteiger partial charge in [-0.25, -0.2) is 0 Å². The lowest BCUT2D eigenvalue weighted by Crippen LogP contribution is -2.13. The lowest BCUT2D eigenvalue weighted by atomic mass is 10.1. The van der Waals surface area contributed by atoms with Crippen molar-refractivity contribution in [2.75, 3.05) is 25.3 Å². The minimum absolute atomic E-state index is 0.274. The molecule has 0 aliphatic heterocycles. The number of rotatable bonds is 4. The summed E-state index contributed by atoms with van der Waals surface area (Å²) in [7, 11) is 3.06. The molecular weight excluding hydrogens is 336 g/mol. The molecule has 110 valence electrons. The van der Waals surface area contributed by atoms with Crippen molar-refractivity contribution in [3.05, 3.63) is 46.4 Å². The van der Waals surface area contributed by atoms with E-state index in [-0.39, 0.29) is 5.91 Å². The van der Waals surface area contributed by atoms with E-state index in [0.29, 0.717) is 28.4 Å². The largest absolute Gasteiger partial charge is 0.496 e. The van der Waals surface area contributed by atoms with Crippen molar-refractivity contribution in [3.8, 4) is 11.5 Å². The Morgan fingerprint density at radius 1 is 1.10 bits per heavy atom. The third-order valence-electron chi connectivity index (χ3n) is 2.90. The number of halogens is 1. The molecule has 0 heterocycles. The van der Waals surface area contributed by atoms with Crippen LogP contribution < -0.4 is 20.5 Å². The highest BCUT2D eigenvalue weighted by Crippen LogP contribution is 2.27. The summed E-state index contributed by atoms with van der Waals surface area (Å²) >= 11 is 3.34. The average Bonchev–Trinajstić information content (AvgIpc) is 2.47. The lowest BCUT2D eigenvalue weighted by Gasteiger charge is -2.11. The fourth-order valence-corrected chi connectivity index (χ4v) is 2.20. The molecule has 0 saturated heterocycles. The zero-order chi connectivity index (χ0) is 15.4. The number of benzene rings is 2. The number of hydrogen-bond acceptors (Lipinski definition) is 4. The molecule has 2 aromatic rings. The zero-order valence-electron chi connectivity index (χ0n) is 11.6. The molecule has 0 fully saturated rings. The number of amides is 1. The van der Waals surface area contributed by atoms with Gasteiger partial charge in [-0.2, -0.15) is 0 Å². The van der Waals surface area contributed by atoms with Gasteiger partial charge in [0.2, 0.25) is 0 Å². The quantitative estimate of drug-likeness (QED) is 0.829. The summed E-state index contributed by atoms with van der Waals surface area (Å²) < 4.78 is 11.1. The van der Waals surface area contributed by atoms with Crippen molar-refractivity contribution < 1.29 is 14.3 Å². The van der Waals surface area contributed by atoms with E-state index in [9.17, 15) is 4.79 Å². The molecular formula is C15H15BrN2O3. The maximum Gasteiger partial charge on any atom is 0.259 e. The molecule has 3 N–H and O–H groups in total. The molecule has 0 aromatic heterocycles. The summed E-state index contributed by atoms with van der Waals surface area (Å²) in [5.41, 5.74) is 7.30. The average molecular weight is 351 g/mol. The number of hydrogen-bond donors (Lipinski definition) is 2. The first-order valence-electron chi connectivity index (χ1n) is 6.13. The fraction of sp³-hybridized carbons (Fsp3) is 0.133. The van der Waals surface area contributed by atoms with Crippen LogP contribution in [0.3, 0.4) is 0 Å². The van der Waals surface area contributed by atoms with Crippen LogP contribution >= 0.6 is 15.9 Å². The third-order valence-corrected chi connectivity index (χ3v) is 3.39. The standard InChI is InChI=1S/C15H15BrN2O3/c1-20-13-6-4-10(8-12(13)17)18-15(19)11-5-3-9(16)7-14(11)21-2/h3-8H,17H2,1-2H3,(H,18,19). The van der Waals surface area contributed by atoms with Gasteiger partial charge < -0.3 is 20.5 Å².